The highest BCUT2D eigenvalue weighted by atomic mass is 16.5. The zero-order chi connectivity index (χ0) is 20.8. The Hall–Kier alpha value is -3.35. The second-order valence-electron chi connectivity index (χ2n) is 6.87. The molecule has 1 heterocycles. The number of carbonyl (C=O) groups is 3. The number of para-hydroxylation sites is 2. The number of nitrogens with one attached hydrogen (secondary N) is 1. The Morgan fingerprint density at radius 2 is 1.62 bits per heavy atom. The van der Waals surface area contributed by atoms with Crippen LogP contribution in [0.2, 0.25) is 0 Å². The number of hydrogen-bond donors (Lipinski definition) is 1. The van der Waals surface area contributed by atoms with Crippen LogP contribution in [0.25, 0.3) is 0 Å². The molecule has 0 atom stereocenters. The summed E-state index contributed by atoms with van der Waals surface area (Å²) in [5.74, 6) is -1.41. The molecular formula is C22H25N3O4. The summed E-state index contributed by atoms with van der Waals surface area (Å²) in [5.41, 5.74) is 2.55. The molecule has 2 aromatic carbocycles. The third-order valence-electron chi connectivity index (χ3n) is 5.05. The minimum atomic E-state index is -0.818. The van der Waals surface area contributed by atoms with Gasteiger partial charge in [-0.05, 0) is 30.7 Å². The molecular weight excluding hydrogens is 370 g/mol. The molecule has 1 saturated heterocycles. The van der Waals surface area contributed by atoms with E-state index in [-0.39, 0.29) is 18.0 Å². The number of piperazine rings is 1. The zero-order valence-corrected chi connectivity index (χ0v) is 16.7. The third-order valence-corrected chi connectivity index (χ3v) is 5.05. The molecule has 1 aliphatic rings. The molecule has 3 rings (SSSR count). The number of methoxy groups -OCH3 is 1. The van der Waals surface area contributed by atoms with Crippen LogP contribution in [-0.2, 0) is 9.59 Å². The average molecular weight is 395 g/mol. The Bertz CT molecular complexity index is 904. The second-order valence-corrected chi connectivity index (χ2v) is 6.87. The van der Waals surface area contributed by atoms with Crippen molar-refractivity contribution in [1.29, 1.82) is 0 Å². The molecule has 2 amide bonds. The van der Waals surface area contributed by atoms with Gasteiger partial charge >= 0.3 is 0 Å². The quantitative estimate of drug-likeness (QED) is 0.594. The largest absolute Gasteiger partial charge is 0.496 e. The number of nitrogens with zero attached hydrogens (tertiary/aromatic N) is 2. The number of amides is 2. The van der Waals surface area contributed by atoms with E-state index in [1.807, 2.05) is 12.1 Å². The van der Waals surface area contributed by atoms with Crippen molar-refractivity contribution in [3.05, 3.63) is 59.7 Å². The van der Waals surface area contributed by atoms with Crippen molar-refractivity contribution in [2.75, 3.05) is 44.7 Å². The Kier molecular flexibility index (Phi) is 6.49. The molecule has 0 aromatic heterocycles. The molecule has 29 heavy (non-hydrogen) atoms. The van der Waals surface area contributed by atoms with E-state index in [1.54, 1.807) is 23.1 Å². The molecule has 0 radical (unpaired) electrons. The van der Waals surface area contributed by atoms with E-state index in [1.165, 1.54) is 24.4 Å². The number of benzene rings is 2. The lowest BCUT2D eigenvalue weighted by Gasteiger charge is -2.36. The lowest BCUT2D eigenvalue weighted by molar-refractivity contribution is -0.132. The van der Waals surface area contributed by atoms with E-state index >= 15 is 0 Å². The first-order valence-electron chi connectivity index (χ1n) is 9.55. The standard InChI is InChI=1S/C22H25N3O4/c1-16-7-3-5-9-18(16)24-11-13-25(14-12-24)20(26)15-23-22(28)21(27)17-8-4-6-10-19(17)29-2/h3-10H,11-15H2,1-2H3,(H,23,28). The van der Waals surface area contributed by atoms with Gasteiger partial charge in [0.15, 0.2) is 0 Å². The molecule has 1 fully saturated rings. The number of ketones is 1. The van der Waals surface area contributed by atoms with Gasteiger partial charge < -0.3 is 19.9 Å². The number of Topliss-reactive ketones (excluding diaryl/α,β-unsaturated/α-hetero) is 1. The van der Waals surface area contributed by atoms with Crippen molar-refractivity contribution >= 4 is 23.3 Å². The van der Waals surface area contributed by atoms with E-state index < -0.39 is 11.7 Å². The Balaban J connectivity index is 1.51. The van der Waals surface area contributed by atoms with Gasteiger partial charge in [-0.3, -0.25) is 14.4 Å². The van der Waals surface area contributed by atoms with E-state index in [9.17, 15) is 14.4 Å². The number of ether oxygens (including phenoxy) is 1. The summed E-state index contributed by atoms with van der Waals surface area (Å²) in [6.07, 6.45) is 0. The minimum Gasteiger partial charge on any atom is -0.496 e. The molecule has 7 heteroatoms. The topological polar surface area (TPSA) is 78.9 Å². The van der Waals surface area contributed by atoms with Crippen LogP contribution in [-0.4, -0.2) is 62.3 Å². The fourth-order valence-corrected chi connectivity index (χ4v) is 3.42. The lowest BCUT2D eigenvalue weighted by atomic mass is 10.1. The summed E-state index contributed by atoms with van der Waals surface area (Å²) in [6, 6.07) is 14.7. The van der Waals surface area contributed by atoms with Gasteiger partial charge in [0, 0.05) is 31.9 Å². The molecule has 0 spiro atoms. The molecule has 1 N–H and O–H groups in total. The molecule has 1 aliphatic heterocycles. The Labute approximate surface area is 170 Å². The van der Waals surface area contributed by atoms with Gasteiger partial charge in [-0.25, -0.2) is 0 Å². The SMILES string of the molecule is COc1ccccc1C(=O)C(=O)NCC(=O)N1CCN(c2ccccc2C)CC1. The van der Waals surface area contributed by atoms with Gasteiger partial charge in [-0.2, -0.15) is 0 Å². The van der Waals surface area contributed by atoms with Crippen LogP contribution in [0.5, 0.6) is 5.75 Å². The molecule has 0 bridgehead atoms. The summed E-state index contributed by atoms with van der Waals surface area (Å²) >= 11 is 0. The maximum Gasteiger partial charge on any atom is 0.292 e. The zero-order valence-electron chi connectivity index (χ0n) is 16.7. The van der Waals surface area contributed by atoms with Crippen LogP contribution >= 0.6 is 0 Å². The number of aryl methyl sites for hydroxylation is 1. The lowest BCUT2D eigenvalue weighted by Crippen LogP contribution is -2.51. The van der Waals surface area contributed by atoms with Crippen LogP contribution in [0.15, 0.2) is 48.5 Å². The van der Waals surface area contributed by atoms with Gasteiger partial charge in [-0.1, -0.05) is 30.3 Å². The molecule has 0 saturated carbocycles. The minimum absolute atomic E-state index is 0.173. The highest BCUT2D eigenvalue weighted by Crippen LogP contribution is 2.21. The van der Waals surface area contributed by atoms with Gasteiger partial charge in [0.25, 0.3) is 11.7 Å². The first kappa shape index (κ1) is 20.4. The van der Waals surface area contributed by atoms with Crippen LogP contribution in [0.4, 0.5) is 5.69 Å². The maximum atomic E-state index is 12.5. The van der Waals surface area contributed by atoms with Crippen molar-refractivity contribution in [2.24, 2.45) is 0 Å². The molecule has 0 unspecified atom stereocenters. The fraction of sp³-hybridized carbons (Fsp3) is 0.318. The highest BCUT2D eigenvalue weighted by Gasteiger charge is 2.24. The van der Waals surface area contributed by atoms with Crippen LogP contribution in [0.3, 0.4) is 0 Å². The van der Waals surface area contributed by atoms with Crippen molar-refractivity contribution in [2.45, 2.75) is 6.92 Å². The third kappa shape index (κ3) is 4.74. The van der Waals surface area contributed by atoms with Crippen LogP contribution in [0, 0.1) is 6.92 Å². The summed E-state index contributed by atoms with van der Waals surface area (Å²) < 4.78 is 5.11. The number of carbonyl (C=O) groups excluding carboxylic acids is 3. The van der Waals surface area contributed by atoms with Crippen molar-refractivity contribution in [3.63, 3.8) is 0 Å². The first-order valence-corrected chi connectivity index (χ1v) is 9.55. The van der Waals surface area contributed by atoms with Gasteiger partial charge in [0.2, 0.25) is 5.91 Å². The summed E-state index contributed by atoms with van der Waals surface area (Å²) in [6.45, 7) is 4.47. The van der Waals surface area contributed by atoms with Gasteiger partial charge in [0.1, 0.15) is 5.75 Å². The normalized spacial score (nSPS) is 13.7. The first-order chi connectivity index (χ1) is 14.0. The van der Waals surface area contributed by atoms with E-state index in [4.69, 9.17) is 4.74 Å². The van der Waals surface area contributed by atoms with E-state index in [0.717, 1.165) is 13.1 Å². The smallest absolute Gasteiger partial charge is 0.292 e. The van der Waals surface area contributed by atoms with Gasteiger partial charge in [0.05, 0.1) is 19.2 Å². The Morgan fingerprint density at radius 3 is 2.31 bits per heavy atom. The predicted molar refractivity (Wildman–Crippen MR) is 110 cm³/mol. The number of hydrogen-bond acceptors (Lipinski definition) is 5. The van der Waals surface area contributed by atoms with Gasteiger partial charge in [-0.15, -0.1) is 0 Å². The molecule has 152 valence electrons. The van der Waals surface area contributed by atoms with Crippen LogP contribution < -0.4 is 15.0 Å². The summed E-state index contributed by atoms with van der Waals surface area (Å²) in [4.78, 5) is 40.9. The molecule has 0 aliphatic carbocycles. The van der Waals surface area contributed by atoms with Crippen molar-refractivity contribution in [1.82, 2.24) is 10.2 Å². The average Bonchev–Trinajstić information content (AvgIpc) is 2.77. The highest BCUT2D eigenvalue weighted by molar-refractivity contribution is 6.43. The van der Waals surface area contributed by atoms with E-state index in [0.29, 0.717) is 18.8 Å². The molecule has 2 aromatic rings. The summed E-state index contributed by atoms with van der Waals surface area (Å²) in [7, 11) is 1.43. The number of anilines is 1. The molecule has 7 nitrogen and oxygen atoms in total. The predicted octanol–water partition coefficient (Wildman–Crippen LogP) is 1.65. The van der Waals surface area contributed by atoms with E-state index in [2.05, 4.69) is 29.3 Å². The second kappa shape index (κ2) is 9.23. The fourth-order valence-electron chi connectivity index (χ4n) is 3.42. The maximum absolute atomic E-state index is 12.5. The monoisotopic (exact) mass is 395 g/mol. The number of rotatable bonds is 6. The van der Waals surface area contributed by atoms with Crippen LogP contribution in [0.1, 0.15) is 15.9 Å². The summed E-state index contributed by atoms with van der Waals surface area (Å²) in [5, 5.41) is 2.43. The Morgan fingerprint density at radius 1 is 0.966 bits per heavy atom. The van der Waals surface area contributed by atoms with Crippen molar-refractivity contribution < 1.29 is 19.1 Å². The van der Waals surface area contributed by atoms with Crippen molar-refractivity contribution in [3.8, 4) is 5.75 Å².